The number of hydrogen-bond acceptors (Lipinski definition) is 4. The molecule has 4 heteroatoms. The monoisotopic (exact) mass is 249 g/mol. The van der Waals surface area contributed by atoms with Crippen molar-refractivity contribution in [1.29, 1.82) is 0 Å². The van der Waals surface area contributed by atoms with Gasteiger partial charge >= 0.3 is 0 Å². The van der Waals surface area contributed by atoms with Crippen LogP contribution in [0.25, 0.3) is 0 Å². The van der Waals surface area contributed by atoms with Crippen LogP contribution in [0, 0.1) is 0 Å². The predicted molar refractivity (Wildman–Crippen MR) is 69.2 cm³/mol. The minimum atomic E-state index is 0.167. The van der Waals surface area contributed by atoms with E-state index in [-0.39, 0.29) is 6.10 Å². The van der Waals surface area contributed by atoms with Crippen molar-refractivity contribution in [3.63, 3.8) is 0 Å². The van der Waals surface area contributed by atoms with Gasteiger partial charge in [0.05, 0.1) is 13.2 Å². The third kappa shape index (κ3) is 3.01. The highest BCUT2D eigenvalue weighted by atomic mass is 16.5. The molecule has 1 aromatic rings. The van der Waals surface area contributed by atoms with Crippen LogP contribution < -0.4 is 15.2 Å². The lowest BCUT2D eigenvalue weighted by molar-refractivity contribution is 0.112. The van der Waals surface area contributed by atoms with E-state index in [0.717, 1.165) is 32.0 Å². The number of rotatable bonds is 4. The lowest BCUT2D eigenvalue weighted by atomic mass is 9.94. The van der Waals surface area contributed by atoms with E-state index in [2.05, 4.69) is 0 Å². The van der Waals surface area contributed by atoms with Crippen LogP contribution in [-0.4, -0.2) is 25.5 Å². The summed E-state index contributed by atoms with van der Waals surface area (Å²) in [6.45, 7) is 0. The number of nitrogens with two attached hydrogens (primary N) is 1. The van der Waals surface area contributed by atoms with Crippen LogP contribution in [0.1, 0.15) is 36.0 Å². The second-order valence-corrected chi connectivity index (χ2v) is 4.68. The molecule has 1 aliphatic carbocycles. The third-order valence-electron chi connectivity index (χ3n) is 3.34. The molecule has 0 amide bonds. The number of methoxy groups -OCH3 is 1. The molecule has 0 heterocycles. The van der Waals surface area contributed by atoms with Crippen molar-refractivity contribution in [1.82, 2.24) is 0 Å². The topological polar surface area (TPSA) is 61.5 Å². The predicted octanol–water partition coefficient (Wildman–Crippen LogP) is 2.16. The molecule has 98 valence electrons. The molecule has 0 aromatic heterocycles. The standard InChI is InChI=1S/C14H19NO3/c1-17-13-7-2-10(9-16)8-14(13)18-12-5-3-11(15)4-6-12/h2,7-9,11-12H,3-6,15H2,1H3. The second-order valence-electron chi connectivity index (χ2n) is 4.68. The lowest BCUT2D eigenvalue weighted by Gasteiger charge is -2.27. The Labute approximate surface area is 107 Å². The van der Waals surface area contributed by atoms with Crippen LogP contribution in [0.5, 0.6) is 11.5 Å². The maximum atomic E-state index is 10.8. The minimum absolute atomic E-state index is 0.167. The first kappa shape index (κ1) is 12.9. The van der Waals surface area contributed by atoms with Crippen molar-refractivity contribution in [3.05, 3.63) is 23.8 Å². The fourth-order valence-electron chi connectivity index (χ4n) is 2.24. The van der Waals surface area contributed by atoms with Crippen molar-refractivity contribution >= 4 is 6.29 Å². The number of ether oxygens (including phenoxy) is 2. The van der Waals surface area contributed by atoms with E-state index in [9.17, 15) is 4.79 Å². The van der Waals surface area contributed by atoms with Gasteiger partial charge in [-0.3, -0.25) is 4.79 Å². The van der Waals surface area contributed by atoms with E-state index in [1.54, 1.807) is 25.3 Å². The maximum Gasteiger partial charge on any atom is 0.162 e. The molecule has 0 saturated heterocycles. The fraction of sp³-hybridized carbons (Fsp3) is 0.500. The van der Waals surface area contributed by atoms with E-state index in [4.69, 9.17) is 15.2 Å². The van der Waals surface area contributed by atoms with Gasteiger partial charge in [-0.15, -0.1) is 0 Å². The van der Waals surface area contributed by atoms with Crippen LogP contribution in [0.2, 0.25) is 0 Å². The van der Waals surface area contributed by atoms with Gasteiger partial charge in [-0.25, -0.2) is 0 Å². The zero-order valence-electron chi connectivity index (χ0n) is 10.6. The van der Waals surface area contributed by atoms with Gasteiger partial charge in [0.15, 0.2) is 11.5 Å². The van der Waals surface area contributed by atoms with Crippen LogP contribution in [0.4, 0.5) is 0 Å². The van der Waals surface area contributed by atoms with Crippen LogP contribution in [0.3, 0.4) is 0 Å². The summed E-state index contributed by atoms with van der Waals surface area (Å²) in [5.41, 5.74) is 6.46. The SMILES string of the molecule is COc1ccc(C=O)cc1OC1CCC(N)CC1. The number of hydrogen-bond donors (Lipinski definition) is 1. The summed E-state index contributed by atoms with van der Waals surface area (Å²) >= 11 is 0. The molecule has 0 radical (unpaired) electrons. The van der Waals surface area contributed by atoms with E-state index < -0.39 is 0 Å². The van der Waals surface area contributed by atoms with Gasteiger partial charge in [-0.05, 0) is 43.9 Å². The Balaban J connectivity index is 2.09. The molecule has 1 aromatic carbocycles. The summed E-state index contributed by atoms with van der Waals surface area (Å²) in [6.07, 6.45) is 4.86. The molecule has 1 aliphatic rings. The van der Waals surface area contributed by atoms with E-state index in [1.807, 2.05) is 0 Å². The summed E-state index contributed by atoms with van der Waals surface area (Å²) in [6, 6.07) is 5.50. The number of carbonyl (C=O) groups is 1. The molecule has 2 rings (SSSR count). The molecule has 1 saturated carbocycles. The van der Waals surface area contributed by atoms with E-state index in [0.29, 0.717) is 23.1 Å². The minimum Gasteiger partial charge on any atom is -0.493 e. The smallest absolute Gasteiger partial charge is 0.162 e. The van der Waals surface area contributed by atoms with Crippen molar-refractivity contribution in [2.24, 2.45) is 5.73 Å². The molecule has 2 N–H and O–H groups in total. The number of carbonyl (C=O) groups excluding carboxylic acids is 1. The first-order chi connectivity index (χ1) is 8.72. The first-order valence-electron chi connectivity index (χ1n) is 6.28. The Morgan fingerprint density at radius 1 is 1.22 bits per heavy atom. The van der Waals surface area contributed by atoms with Gasteiger partial charge in [0.2, 0.25) is 0 Å². The molecule has 0 atom stereocenters. The average Bonchev–Trinajstić information content (AvgIpc) is 2.41. The van der Waals surface area contributed by atoms with Gasteiger partial charge in [-0.2, -0.15) is 0 Å². The molecule has 1 fully saturated rings. The van der Waals surface area contributed by atoms with Crippen molar-refractivity contribution < 1.29 is 14.3 Å². The Bertz CT molecular complexity index is 412. The highest BCUT2D eigenvalue weighted by Gasteiger charge is 2.21. The Morgan fingerprint density at radius 2 is 1.94 bits per heavy atom. The Hall–Kier alpha value is -1.55. The van der Waals surface area contributed by atoms with E-state index in [1.165, 1.54) is 0 Å². The summed E-state index contributed by atoms with van der Waals surface area (Å²) in [4.78, 5) is 10.8. The van der Waals surface area contributed by atoms with Gasteiger partial charge in [-0.1, -0.05) is 0 Å². The molecule has 0 aliphatic heterocycles. The molecule has 18 heavy (non-hydrogen) atoms. The maximum absolute atomic E-state index is 10.8. The molecule has 0 unspecified atom stereocenters. The van der Waals surface area contributed by atoms with Crippen molar-refractivity contribution in [2.75, 3.05) is 7.11 Å². The average molecular weight is 249 g/mol. The summed E-state index contributed by atoms with van der Waals surface area (Å²) in [7, 11) is 1.60. The summed E-state index contributed by atoms with van der Waals surface area (Å²) in [5, 5.41) is 0. The Morgan fingerprint density at radius 3 is 2.56 bits per heavy atom. The van der Waals surface area contributed by atoms with Gasteiger partial charge in [0.25, 0.3) is 0 Å². The van der Waals surface area contributed by atoms with Gasteiger partial charge < -0.3 is 15.2 Å². The van der Waals surface area contributed by atoms with E-state index >= 15 is 0 Å². The van der Waals surface area contributed by atoms with Crippen molar-refractivity contribution in [2.45, 2.75) is 37.8 Å². The molecular weight excluding hydrogens is 230 g/mol. The Kier molecular flexibility index (Phi) is 4.20. The first-order valence-corrected chi connectivity index (χ1v) is 6.28. The highest BCUT2D eigenvalue weighted by Crippen LogP contribution is 2.31. The van der Waals surface area contributed by atoms with Gasteiger partial charge in [0, 0.05) is 11.6 Å². The highest BCUT2D eigenvalue weighted by molar-refractivity contribution is 5.76. The summed E-state index contributed by atoms with van der Waals surface area (Å²) < 4.78 is 11.2. The molecular formula is C14H19NO3. The quantitative estimate of drug-likeness (QED) is 0.831. The van der Waals surface area contributed by atoms with Crippen LogP contribution in [0.15, 0.2) is 18.2 Å². The number of benzene rings is 1. The largest absolute Gasteiger partial charge is 0.493 e. The zero-order chi connectivity index (χ0) is 13.0. The third-order valence-corrected chi connectivity index (χ3v) is 3.34. The lowest BCUT2D eigenvalue weighted by Crippen LogP contribution is -2.31. The zero-order valence-corrected chi connectivity index (χ0v) is 10.6. The molecule has 0 bridgehead atoms. The van der Waals surface area contributed by atoms with Gasteiger partial charge in [0.1, 0.15) is 6.29 Å². The normalized spacial score (nSPS) is 23.4. The summed E-state index contributed by atoms with van der Waals surface area (Å²) in [5.74, 6) is 1.30. The fourth-order valence-corrected chi connectivity index (χ4v) is 2.24. The number of aldehydes is 1. The molecule has 4 nitrogen and oxygen atoms in total. The second kappa shape index (κ2) is 5.87. The van der Waals surface area contributed by atoms with Crippen LogP contribution in [-0.2, 0) is 0 Å². The van der Waals surface area contributed by atoms with Crippen LogP contribution >= 0.6 is 0 Å². The molecule has 0 spiro atoms. The van der Waals surface area contributed by atoms with Crippen molar-refractivity contribution in [3.8, 4) is 11.5 Å².